The molecule has 1 amide bonds. The number of aliphatic hydroxyl groups excluding tert-OH is 2. The second-order valence-electron chi connectivity index (χ2n) is 13.3. The van der Waals surface area contributed by atoms with Gasteiger partial charge in [0.15, 0.2) is 0 Å². The van der Waals surface area contributed by atoms with Gasteiger partial charge in [-0.2, -0.15) is 8.42 Å². The van der Waals surface area contributed by atoms with Crippen LogP contribution in [0.1, 0.15) is 85.0 Å². The zero-order chi connectivity index (χ0) is 25.3. The number of amides is 1. The Hall–Kier alpha value is -0.700. The SMILES string of the molecule is C[C@H](CCC(=O)N1CC(S(=O)(=O)O)C1)[C@H]1CC[C@H]2[C@@H]3CC[C@@H]4C[C@H](O)CC[C@]4(C)[C@H]3C[C@H](O)[C@]12C. The molecule has 4 saturated carbocycles. The van der Waals surface area contributed by atoms with E-state index in [1.807, 2.05) is 0 Å². The number of aliphatic hydroxyl groups is 2. The lowest BCUT2D eigenvalue weighted by Crippen LogP contribution is -2.59. The number of carbonyl (C=O) groups excluding carboxylic acids is 1. The average molecular weight is 512 g/mol. The minimum Gasteiger partial charge on any atom is -0.393 e. The van der Waals surface area contributed by atoms with Crippen molar-refractivity contribution in [3.05, 3.63) is 0 Å². The van der Waals surface area contributed by atoms with Gasteiger partial charge >= 0.3 is 0 Å². The molecular formula is C27H45NO6S. The van der Waals surface area contributed by atoms with Crippen LogP contribution in [-0.4, -0.2) is 64.5 Å². The molecule has 5 aliphatic rings. The van der Waals surface area contributed by atoms with Crippen LogP contribution < -0.4 is 0 Å². The van der Waals surface area contributed by atoms with E-state index in [0.717, 1.165) is 44.9 Å². The first-order chi connectivity index (χ1) is 16.4. The summed E-state index contributed by atoms with van der Waals surface area (Å²) in [5.74, 6) is 2.96. The Morgan fingerprint density at radius 3 is 2.43 bits per heavy atom. The monoisotopic (exact) mass is 511 g/mol. The maximum atomic E-state index is 12.6. The summed E-state index contributed by atoms with van der Waals surface area (Å²) in [6.07, 6.45) is 9.09. The van der Waals surface area contributed by atoms with Gasteiger partial charge in [0, 0.05) is 19.5 Å². The highest BCUT2D eigenvalue weighted by Crippen LogP contribution is 2.68. The van der Waals surface area contributed by atoms with Crippen molar-refractivity contribution in [3.63, 3.8) is 0 Å². The number of rotatable bonds is 5. The van der Waals surface area contributed by atoms with Crippen molar-refractivity contribution in [2.24, 2.45) is 46.3 Å². The summed E-state index contributed by atoms with van der Waals surface area (Å²) >= 11 is 0. The fourth-order valence-corrected chi connectivity index (χ4v) is 10.4. The summed E-state index contributed by atoms with van der Waals surface area (Å²) in [6, 6.07) is 0. The standard InChI is InChI=1S/C27H45NO6S/c1-16(4-9-25(31)28-14-19(15-28)35(32,33)34)21-7-8-22-20-6-5-17-12-18(29)10-11-26(17,2)23(20)13-24(30)27(21,22)3/h16-24,29-30H,4-15H2,1-3H3,(H,32,33,34)/t16-,17-,18-,20+,21-,22+,23+,24+,26+,27-/m1/s1. The summed E-state index contributed by atoms with van der Waals surface area (Å²) in [5.41, 5.74) is 0.117. The lowest BCUT2D eigenvalue weighted by Gasteiger charge is -2.62. The molecule has 7 nitrogen and oxygen atoms in total. The molecule has 1 heterocycles. The Labute approximate surface area is 210 Å². The van der Waals surface area contributed by atoms with Crippen molar-refractivity contribution in [1.82, 2.24) is 4.90 Å². The van der Waals surface area contributed by atoms with Crippen LogP contribution in [0.15, 0.2) is 0 Å². The fraction of sp³-hybridized carbons (Fsp3) is 0.963. The van der Waals surface area contributed by atoms with Crippen molar-refractivity contribution < 1.29 is 28.0 Å². The molecule has 0 spiro atoms. The van der Waals surface area contributed by atoms with E-state index >= 15 is 0 Å². The van der Waals surface area contributed by atoms with Gasteiger partial charge in [-0.3, -0.25) is 9.35 Å². The molecule has 1 aliphatic heterocycles. The number of hydrogen-bond donors (Lipinski definition) is 3. The van der Waals surface area contributed by atoms with E-state index in [2.05, 4.69) is 20.8 Å². The van der Waals surface area contributed by atoms with Gasteiger partial charge < -0.3 is 15.1 Å². The molecule has 0 bridgehead atoms. The molecule has 35 heavy (non-hydrogen) atoms. The number of carbonyl (C=O) groups is 1. The van der Waals surface area contributed by atoms with E-state index in [1.54, 1.807) is 0 Å². The Morgan fingerprint density at radius 2 is 1.74 bits per heavy atom. The lowest BCUT2D eigenvalue weighted by molar-refractivity contribution is -0.175. The average Bonchev–Trinajstić information content (AvgIpc) is 3.10. The third kappa shape index (κ3) is 4.18. The number of fused-ring (bicyclic) bond motifs is 5. The minimum atomic E-state index is -4.06. The summed E-state index contributed by atoms with van der Waals surface area (Å²) in [7, 11) is -4.06. The van der Waals surface area contributed by atoms with E-state index in [9.17, 15) is 23.4 Å². The molecule has 0 radical (unpaired) electrons. The summed E-state index contributed by atoms with van der Waals surface area (Å²) in [5, 5.41) is 21.1. The summed E-state index contributed by atoms with van der Waals surface area (Å²) < 4.78 is 31.6. The van der Waals surface area contributed by atoms with Crippen molar-refractivity contribution in [2.75, 3.05) is 13.1 Å². The van der Waals surface area contributed by atoms with E-state index in [0.29, 0.717) is 41.9 Å². The zero-order valence-electron chi connectivity index (χ0n) is 21.6. The molecule has 0 unspecified atom stereocenters. The first-order valence-corrected chi connectivity index (χ1v) is 15.5. The Bertz CT molecular complexity index is 934. The Morgan fingerprint density at radius 1 is 1.03 bits per heavy atom. The predicted octanol–water partition coefficient (Wildman–Crippen LogP) is 3.49. The normalized spacial score (nSPS) is 46.8. The molecule has 5 fully saturated rings. The summed E-state index contributed by atoms with van der Waals surface area (Å²) in [4.78, 5) is 14.1. The van der Waals surface area contributed by atoms with Gasteiger partial charge in [0.05, 0.1) is 12.2 Å². The Balaban J connectivity index is 1.23. The quantitative estimate of drug-likeness (QED) is 0.487. The number of nitrogens with zero attached hydrogens (tertiary/aromatic N) is 1. The topological polar surface area (TPSA) is 115 Å². The van der Waals surface area contributed by atoms with Gasteiger partial charge in [0.25, 0.3) is 10.1 Å². The van der Waals surface area contributed by atoms with E-state index in [1.165, 1.54) is 17.7 Å². The second kappa shape index (κ2) is 8.95. The van der Waals surface area contributed by atoms with Crippen molar-refractivity contribution in [1.29, 1.82) is 0 Å². The largest absolute Gasteiger partial charge is 0.393 e. The van der Waals surface area contributed by atoms with Crippen LogP contribution in [0.2, 0.25) is 0 Å². The van der Waals surface area contributed by atoms with Crippen molar-refractivity contribution >= 4 is 16.0 Å². The van der Waals surface area contributed by atoms with Gasteiger partial charge in [0.2, 0.25) is 5.91 Å². The maximum absolute atomic E-state index is 12.6. The van der Waals surface area contributed by atoms with Crippen LogP contribution in [0.5, 0.6) is 0 Å². The minimum absolute atomic E-state index is 0.0357. The maximum Gasteiger partial charge on any atom is 0.271 e. The van der Waals surface area contributed by atoms with Crippen LogP contribution in [0.4, 0.5) is 0 Å². The van der Waals surface area contributed by atoms with Gasteiger partial charge in [-0.1, -0.05) is 20.8 Å². The molecule has 0 aromatic rings. The van der Waals surface area contributed by atoms with Crippen LogP contribution in [0.3, 0.4) is 0 Å². The van der Waals surface area contributed by atoms with Crippen molar-refractivity contribution in [2.45, 2.75) is 102 Å². The first kappa shape index (κ1) is 25.9. The second-order valence-corrected chi connectivity index (χ2v) is 15.0. The smallest absolute Gasteiger partial charge is 0.271 e. The molecule has 4 aliphatic carbocycles. The molecule has 5 rings (SSSR count). The molecule has 10 atom stereocenters. The third-order valence-electron chi connectivity index (χ3n) is 11.9. The highest BCUT2D eigenvalue weighted by molar-refractivity contribution is 7.86. The highest BCUT2D eigenvalue weighted by atomic mass is 32.2. The molecule has 200 valence electrons. The summed E-state index contributed by atoms with van der Waals surface area (Å²) in [6.45, 7) is 7.17. The molecule has 0 aromatic heterocycles. The van der Waals surface area contributed by atoms with Crippen molar-refractivity contribution in [3.8, 4) is 0 Å². The molecular weight excluding hydrogens is 466 g/mol. The first-order valence-electron chi connectivity index (χ1n) is 14.0. The van der Waals surface area contributed by atoms with E-state index < -0.39 is 15.4 Å². The van der Waals surface area contributed by atoms with Crippen LogP contribution in [0, 0.1) is 46.3 Å². The van der Waals surface area contributed by atoms with E-state index in [4.69, 9.17) is 4.55 Å². The molecule has 3 N–H and O–H groups in total. The zero-order valence-corrected chi connectivity index (χ0v) is 22.4. The molecule has 1 saturated heterocycles. The Kier molecular flexibility index (Phi) is 6.63. The van der Waals surface area contributed by atoms with Crippen LogP contribution in [0.25, 0.3) is 0 Å². The van der Waals surface area contributed by atoms with E-state index in [-0.39, 0.29) is 42.0 Å². The van der Waals surface area contributed by atoms with Crippen LogP contribution in [-0.2, 0) is 14.9 Å². The number of hydrogen-bond acceptors (Lipinski definition) is 5. The number of likely N-dealkylation sites (tertiary alicyclic amines) is 1. The lowest BCUT2D eigenvalue weighted by atomic mass is 9.43. The van der Waals surface area contributed by atoms with Gasteiger partial charge in [-0.25, -0.2) is 0 Å². The third-order valence-corrected chi connectivity index (χ3v) is 13.1. The molecule has 0 aromatic carbocycles. The van der Waals surface area contributed by atoms with Gasteiger partial charge in [-0.05, 0) is 104 Å². The van der Waals surface area contributed by atoms with Gasteiger partial charge in [0.1, 0.15) is 5.25 Å². The highest BCUT2D eigenvalue weighted by Gasteiger charge is 2.63. The van der Waals surface area contributed by atoms with Crippen LogP contribution >= 0.6 is 0 Å². The predicted molar refractivity (Wildman–Crippen MR) is 133 cm³/mol. The molecule has 8 heteroatoms. The fourth-order valence-electron chi connectivity index (χ4n) is 9.70. The van der Waals surface area contributed by atoms with Gasteiger partial charge in [-0.15, -0.1) is 0 Å².